The predicted molar refractivity (Wildman–Crippen MR) is 128 cm³/mol. The van der Waals surface area contributed by atoms with E-state index < -0.39 is 46.9 Å². The molecule has 0 spiro atoms. The Hall–Kier alpha value is -2.54. The number of fused-ring (bicyclic) bond motifs is 5. The molecule has 7 nitrogen and oxygen atoms in total. The van der Waals surface area contributed by atoms with Gasteiger partial charge in [-0.3, -0.25) is 19.2 Å². The molecule has 0 aromatic carbocycles. The quantitative estimate of drug-likeness (QED) is 0.575. The average Bonchev–Trinajstić information content (AvgIpc) is 3.04. The third-order valence-electron chi connectivity index (χ3n) is 9.23. The van der Waals surface area contributed by atoms with Crippen LogP contribution in [0.2, 0.25) is 0 Å². The van der Waals surface area contributed by atoms with Crippen LogP contribution in [0.15, 0.2) is 36.0 Å². The molecule has 0 aromatic heterocycles. The number of rotatable bonds is 6. The Labute approximate surface area is 206 Å². The maximum absolute atomic E-state index is 13.8. The number of aliphatic hydroxyl groups is 1. The molecule has 8 atom stereocenters. The highest BCUT2D eigenvalue weighted by Gasteiger charge is 2.72. The Morgan fingerprint density at radius 2 is 1.80 bits per heavy atom. The van der Waals surface area contributed by atoms with E-state index in [0.717, 1.165) is 5.57 Å². The summed E-state index contributed by atoms with van der Waals surface area (Å²) in [4.78, 5) is 50.3. The molecule has 35 heavy (non-hydrogen) atoms. The summed E-state index contributed by atoms with van der Waals surface area (Å²) in [5, 5.41) is 11.6. The number of ketones is 2. The molecule has 1 N–H and O–H groups in total. The van der Waals surface area contributed by atoms with E-state index in [1.807, 2.05) is 32.9 Å². The van der Waals surface area contributed by atoms with Crippen LogP contribution in [0.5, 0.6) is 0 Å². The lowest BCUT2D eigenvalue weighted by molar-refractivity contribution is -0.202. The molecule has 0 unspecified atom stereocenters. The highest BCUT2D eigenvalue weighted by molar-refractivity contribution is 6.01. The van der Waals surface area contributed by atoms with E-state index in [9.17, 15) is 24.3 Å². The van der Waals surface area contributed by atoms with Gasteiger partial charge in [-0.25, -0.2) is 0 Å². The van der Waals surface area contributed by atoms with Crippen molar-refractivity contribution >= 4 is 23.5 Å². The molecule has 0 aromatic rings. The van der Waals surface area contributed by atoms with Crippen LogP contribution in [0, 0.1) is 34.5 Å². The summed E-state index contributed by atoms with van der Waals surface area (Å²) in [6, 6.07) is 0. The van der Waals surface area contributed by atoms with E-state index in [2.05, 4.69) is 6.08 Å². The van der Waals surface area contributed by atoms with Gasteiger partial charge in [0.05, 0.1) is 6.10 Å². The zero-order valence-corrected chi connectivity index (χ0v) is 21.2. The number of Topliss-reactive ketones (excluding diaryl/α,β-unsaturated/α-hetero) is 1. The number of carbonyl (C=O) groups is 4. The third-order valence-corrected chi connectivity index (χ3v) is 9.23. The highest BCUT2D eigenvalue weighted by atomic mass is 16.6. The molecule has 7 heteroatoms. The molecule has 0 saturated heterocycles. The molecular formula is C28H36O7. The molecule has 4 aliphatic rings. The zero-order valence-electron chi connectivity index (χ0n) is 21.2. The molecule has 0 amide bonds. The molecule has 4 aliphatic carbocycles. The number of esters is 2. The molecule has 4 rings (SSSR count). The van der Waals surface area contributed by atoms with Gasteiger partial charge >= 0.3 is 11.9 Å². The first-order chi connectivity index (χ1) is 16.4. The highest BCUT2D eigenvalue weighted by Crippen LogP contribution is 2.68. The van der Waals surface area contributed by atoms with E-state index in [1.165, 1.54) is 0 Å². The predicted octanol–water partition coefficient (Wildman–Crippen LogP) is 3.50. The van der Waals surface area contributed by atoms with Crippen molar-refractivity contribution in [3.05, 3.63) is 36.0 Å². The van der Waals surface area contributed by atoms with Gasteiger partial charge in [0.2, 0.25) is 5.78 Å². The zero-order chi connectivity index (χ0) is 25.8. The van der Waals surface area contributed by atoms with Crippen molar-refractivity contribution in [1.29, 1.82) is 0 Å². The Morgan fingerprint density at radius 3 is 2.46 bits per heavy atom. The van der Waals surface area contributed by atoms with E-state index >= 15 is 0 Å². The fraction of sp³-hybridized carbons (Fsp3) is 0.643. The second-order valence-corrected chi connectivity index (χ2v) is 11.0. The number of carbonyl (C=O) groups excluding carboxylic acids is 4. The lowest BCUT2D eigenvalue weighted by Gasteiger charge is -2.58. The maximum atomic E-state index is 13.8. The second-order valence-electron chi connectivity index (χ2n) is 11.0. The standard InChI is InChI=1S/C28H36O7/c1-6-23(32)34-15-22(31)28(35-24(33)7-2)16(3)12-20-19-9-8-17-13-18(29)10-11-26(17,4)25(19)21(30)14-27(20,28)5/h8-11,13,16,19-21,25,30H,6-7,12,14-15H2,1-5H3/t16-,19+,20+,21+,25-,26+,27+,28+/m1/s1. The van der Waals surface area contributed by atoms with Crippen molar-refractivity contribution in [3.8, 4) is 0 Å². The van der Waals surface area contributed by atoms with Gasteiger partial charge < -0.3 is 14.6 Å². The van der Waals surface area contributed by atoms with Gasteiger partial charge in [0.1, 0.15) is 0 Å². The van der Waals surface area contributed by atoms with Gasteiger partial charge in [-0.1, -0.05) is 52.8 Å². The Balaban J connectivity index is 1.79. The summed E-state index contributed by atoms with van der Waals surface area (Å²) in [5.74, 6) is -2.13. The lowest BCUT2D eigenvalue weighted by Crippen LogP contribution is -2.63. The number of allylic oxidation sites excluding steroid dienone is 6. The topological polar surface area (TPSA) is 107 Å². The molecule has 2 saturated carbocycles. The number of aliphatic hydroxyl groups excluding tert-OH is 1. The monoisotopic (exact) mass is 484 g/mol. The van der Waals surface area contributed by atoms with Gasteiger partial charge in [0, 0.05) is 35.5 Å². The minimum atomic E-state index is -1.51. The van der Waals surface area contributed by atoms with Crippen LogP contribution in [0.1, 0.15) is 60.3 Å². The number of ether oxygens (including phenoxy) is 2. The summed E-state index contributed by atoms with van der Waals surface area (Å²) < 4.78 is 11.3. The Kier molecular flexibility index (Phi) is 6.45. The minimum Gasteiger partial charge on any atom is -0.457 e. The van der Waals surface area contributed by atoms with E-state index in [-0.39, 0.29) is 48.7 Å². The van der Waals surface area contributed by atoms with Crippen LogP contribution < -0.4 is 0 Å². The van der Waals surface area contributed by atoms with Crippen LogP contribution in [0.25, 0.3) is 0 Å². The molecule has 2 fully saturated rings. The first kappa shape index (κ1) is 25.5. The van der Waals surface area contributed by atoms with E-state index in [4.69, 9.17) is 9.47 Å². The molecular weight excluding hydrogens is 448 g/mol. The average molecular weight is 485 g/mol. The van der Waals surface area contributed by atoms with Crippen LogP contribution in [0.4, 0.5) is 0 Å². The van der Waals surface area contributed by atoms with E-state index in [0.29, 0.717) is 6.42 Å². The summed E-state index contributed by atoms with van der Waals surface area (Å²) in [6.45, 7) is 8.76. The number of hydrogen-bond acceptors (Lipinski definition) is 7. The van der Waals surface area contributed by atoms with Gasteiger partial charge in [-0.05, 0) is 42.4 Å². The summed E-state index contributed by atoms with van der Waals surface area (Å²) in [6.07, 6.45) is 9.45. The van der Waals surface area contributed by atoms with Crippen molar-refractivity contribution < 1.29 is 33.8 Å². The van der Waals surface area contributed by atoms with Gasteiger partial charge in [-0.2, -0.15) is 0 Å². The van der Waals surface area contributed by atoms with Crippen molar-refractivity contribution in [2.45, 2.75) is 72.0 Å². The Morgan fingerprint density at radius 1 is 1.11 bits per heavy atom. The lowest BCUT2D eigenvalue weighted by atomic mass is 9.47. The van der Waals surface area contributed by atoms with Crippen molar-refractivity contribution in [2.24, 2.45) is 34.5 Å². The van der Waals surface area contributed by atoms with Crippen molar-refractivity contribution in [1.82, 2.24) is 0 Å². The Bertz CT molecular complexity index is 1040. The SMILES string of the molecule is CCC(=O)OCC(=O)[C@@]1(OC(=O)CC)[C@H](C)C[C@H]2[C@@H]3C=CC4=CC(=O)C=C[C@]4(C)[C@H]3[C@@H](O)C[C@@]21C. The molecule has 0 radical (unpaired) electrons. The van der Waals surface area contributed by atoms with Crippen molar-refractivity contribution in [2.75, 3.05) is 6.61 Å². The fourth-order valence-electron chi connectivity index (χ4n) is 7.58. The third kappa shape index (κ3) is 3.65. The first-order valence-electron chi connectivity index (χ1n) is 12.7. The normalized spacial score (nSPS) is 41.4. The van der Waals surface area contributed by atoms with Crippen LogP contribution in [-0.4, -0.2) is 46.9 Å². The van der Waals surface area contributed by atoms with Crippen LogP contribution in [0.3, 0.4) is 0 Å². The second kappa shape index (κ2) is 8.84. The van der Waals surface area contributed by atoms with Gasteiger partial charge in [0.15, 0.2) is 18.0 Å². The summed E-state index contributed by atoms with van der Waals surface area (Å²) >= 11 is 0. The first-order valence-corrected chi connectivity index (χ1v) is 12.7. The van der Waals surface area contributed by atoms with Crippen molar-refractivity contribution in [3.63, 3.8) is 0 Å². The van der Waals surface area contributed by atoms with Gasteiger partial charge in [-0.15, -0.1) is 0 Å². The molecule has 190 valence electrons. The largest absolute Gasteiger partial charge is 0.457 e. The van der Waals surface area contributed by atoms with E-state index in [1.54, 1.807) is 26.0 Å². The summed E-state index contributed by atoms with van der Waals surface area (Å²) in [5.41, 5.74) is -1.99. The van der Waals surface area contributed by atoms with Crippen LogP contribution >= 0.6 is 0 Å². The smallest absolute Gasteiger partial charge is 0.306 e. The number of hydrogen-bond donors (Lipinski definition) is 1. The molecule has 0 heterocycles. The maximum Gasteiger partial charge on any atom is 0.306 e. The van der Waals surface area contributed by atoms with Gasteiger partial charge in [0.25, 0.3) is 0 Å². The van der Waals surface area contributed by atoms with Crippen LogP contribution in [-0.2, 0) is 28.7 Å². The minimum absolute atomic E-state index is 0.0537. The summed E-state index contributed by atoms with van der Waals surface area (Å²) in [7, 11) is 0. The fourth-order valence-corrected chi connectivity index (χ4v) is 7.58. The molecule has 0 aliphatic heterocycles. The molecule has 0 bridgehead atoms.